The Morgan fingerprint density at radius 2 is 1.90 bits per heavy atom. The minimum Gasteiger partial charge on any atom is -0.381 e. The molecule has 0 bridgehead atoms. The number of nitrogens with one attached hydrogen (secondary N) is 2. The number of hydrogen-bond donors (Lipinski definition) is 2. The van der Waals surface area contributed by atoms with E-state index in [9.17, 15) is 4.79 Å². The standard InChI is InChI=1S/C17H19BrN2O/c1-3-17(21)20-15-6-4-5-14(10-15)19-11-13-7-8-16(18)12(2)9-13/h4-10,19H,3,11H2,1-2H3,(H,20,21). The van der Waals surface area contributed by atoms with Gasteiger partial charge in [0.2, 0.25) is 5.91 Å². The van der Waals surface area contributed by atoms with Crippen LogP contribution in [0.1, 0.15) is 24.5 Å². The Kier molecular flexibility index (Phi) is 5.39. The molecule has 0 radical (unpaired) electrons. The molecule has 0 saturated heterocycles. The first-order valence-electron chi connectivity index (χ1n) is 6.97. The van der Waals surface area contributed by atoms with Crippen molar-refractivity contribution < 1.29 is 4.79 Å². The van der Waals surface area contributed by atoms with Crippen LogP contribution >= 0.6 is 15.9 Å². The monoisotopic (exact) mass is 346 g/mol. The molecule has 0 aliphatic heterocycles. The van der Waals surface area contributed by atoms with E-state index in [1.165, 1.54) is 11.1 Å². The average molecular weight is 347 g/mol. The second-order valence-electron chi connectivity index (χ2n) is 4.92. The summed E-state index contributed by atoms with van der Waals surface area (Å²) in [5.74, 6) is 0.0238. The Labute approximate surface area is 133 Å². The van der Waals surface area contributed by atoms with E-state index < -0.39 is 0 Å². The van der Waals surface area contributed by atoms with Crippen LogP contribution in [0.5, 0.6) is 0 Å². The molecule has 0 saturated carbocycles. The maximum Gasteiger partial charge on any atom is 0.224 e. The zero-order valence-corrected chi connectivity index (χ0v) is 13.8. The molecule has 0 aromatic heterocycles. The van der Waals surface area contributed by atoms with Crippen LogP contribution in [-0.2, 0) is 11.3 Å². The van der Waals surface area contributed by atoms with Gasteiger partial charge >= 0.3 is 0 Å². The zero-order chi connectivity index (χ0) is 15.2. The number of amides is 1. The molecule has 0 atom stereocenters. The SMILES string of the molecule is CCC(=O)Nc1cccc(NCc2ccc(Br)c(C)c2)c1. The highest BCUT2D eigenvalue weighted by atomic mass is 79.9. The lowest BCUT2D eigenvalue weighted by molar-refractivity contribution is -0.115. The largest absolute Gasteiger partial charge is 0.381 e. The Morgan fingerprint density at radius 3 is 2.62 bits per heavy atom. The third kappa shape index (κ3) is 4.60. The molecule has 0 heterocycles. The molecule has 2 rings (SSSR count). The van der Waals surface area contributed by atoms with Crippen LogP contribution in [0.25, 0.3) is 0 Å². The maximum atomic E-state index is 11.4. The van der Waals surface area contributed by atoms with Gasteiger partial charge in [-0.25, -0.2) is 0 Å². The van der Waals surface area contributed by atoms with Gasteiger partial charge in [0.1, 0.15) is 0 Å². The summed E-state index contributed by atoms with van der Waals surface area (Å²) in [6.45, 7) is 4.67. The second-order valence-corrected chi connectivity index (χ2v) is 5.77. The van der Waals surface area contributed by atoms with Crippen molar-refractivity contribution >= 4 is 33.2 Å². The van der Waals surface area contributed by atoms with E-state index in [2.05, 4.69) is 51.7 Å². The Morgan fingerprint density at radius 1 is 1.14 bits per heavy atom. The van der Waals surface area contributed by atoms with Gasteiger partial charge < -0.3 is 10.6 Å². The predicted molar refractivity (Wildman–Crippen MR) is 91.6 cm³/mol. The molecule has 0 spiro atoms. The third-order valence-electron chi connectivity index (χ3n) is 3.19. The molecular formula is C17H19BrN2O. The Hall–Kier alpha value is -1.81. The first-order valence-corrected chi connectivity index (χ1v) is 7.76. The molecule has 21 heavy (non-hydrogen) atoms. The van der Waals surface area contributed by atoms with Gasteiger partial charge in [0, 0.05) is 28.8 Å². The summed E-state index contributed by atoms with van der Waals surface area (Å²) in [7, 11) is 0. The molecule has 1 amide bonds. The smallest absolute Gasteiger partial charge is 0.224 e. The van der Waals surface area contributed by atoms with Crippen molar-refractivity contribution in [2.75, 3.05) is 10.6 Å². The molecular weight excluding hydrogens is 328 g/mol. The molecule has 2 aromatic rings. The van der Waals surface area contributed by atoms with Crippen LogP contribution in [-0.4, -0.2) is 5.91 Å². The highest BCUT2D eigenvalue weighted by Gasteiger charge is 2.01. The lowest BCUT2D eigenvalue weighted by Crippen LogP contribution is -2.09. The quantitative estimate of drug-likeness (QED) is 0.822. The molecule has 0 aliphatic carbocycles. The van der Waals surface area contributed by atoms with E-state index in [4.69, 9.17) is 0 Å². The first kappa shape index (κ1) is 15.6. The van der Waals surface area contributed by atoms with E-state index in [1.807, 2.05) is 31.2 Å². The Balaban J connectivity index is 2.01. The van der Waals surface area contributed by atoms with Crippen LogP contribution in [0.2, 0.25) is 0 Å². The first-order chi connectivity index (χ1) is 10.1. The number of rotatable bonds is 5. The van der Waals surface area contributed by atoms with Crippen molar-refractivity contribution in [3.63, 3.8) is 0 Å². The summed E-state index contributed by atoms with van der Waals surface area (Å²) in [6, 6.07) is 14.1. The molecule has 0 fully saturated rings. The van der Waals surface area contributed by atoms with Crippen LogP contribution in [0, 0.1) is 6.92 Å². The van der Waals surface area contributed by atoms with Gasteiger partial charge in [0.05, 0.1) is 0 Å². The zero-order valence-electron chi connectivity index (χ0n) is 12.2. The number of carbonyl (C=O) groups excluding carboxylic acids is 1. The highest BCUT2D eigenvalue weighted by Crippen LogP contribution is 2.19. The van der Waals surface area contributed by atoms with Crippen molar-refractivity contribution in [2.45, 2.75) is 26.8 Å². The van der Waals surface area contributed by atoms with Gasteiger partial charge in [-0.1, -0.05) is 41.1 Å². The summed E-state index contributed by atoms with van der Waals surface area (Å²) >= 11 is 3.50. The number of halogens is 1. The number of aryl methyl sites for hydroxylation is 1. The fraction of sp³-hybridized carbons (Fsp3) is 0.235. The summed E-state index contributed by atoms with van der Waals surface area (Å²) in [5, 5.41) is 6.23. The lowest BCUT2D eigenvalue weighted by Gasteiger charge is -2.10. The second kappa shape index (κ2) is 7.27. The fourth-order valence-corrected chi connectivity index (χ4v) is 2.22. The van der Waals surface area contributed by atoms with Crippen molar-refractivity contribution in [2.24, 2.45) is 0 Å². The lowest BCUT2D eigenvalue weighted by atomic mass is 10.1. The third-order valence-corrected chi connectivity index (χ3v) is 4.08. The van der Waals surface area contributed by atoms with E-state index in [-0.39, 0.29) is 5.91 Å². The van der Waals surface area contributed by atoms with Crippen molar-refractivity contribution in [3.8, 4) is 0 Å². The van der Waals surface area contributed by atoms with Gasteiger partial charge in [-0.3, -0.25) is 4.79 Å². The normalized spacial score (nSPS) is 10.2. The van der Waals surface area contributed by atoms with Gasteiger partial charge in [0.25, 0.3) is 0 Å². The fourth-order valence-electron chi connectivity index (χ4n) is 1.98. The van der Waals surface area contributed by atoms with Crippen LogP contribution < -0.4 is 10.6 Å². The van der Waals surface area contributed by atoms with E-state index >= 15 is 0 Å². The van der Waals surface area contributed by atoms with Crippen molar-refractivity contribution in [1.82, 2.24) is 0 Å². The number of benzene rings is 2. The molecule has 110 valence electrons. The summed E-state index contributed by atoms with van der Waals surface area (Å²) in [5.41, 5.74) is 4.25. The molecule has 0 unspecified atom stereocenters. The molecule has 3 nitrogen and oxygen atoms in total. The van der Waals surface area contributed by atoms with Crippen molar-refractivity contribution in [3.05, 3.63) is 58.1 Å². The molecule has 4 heteroatoms. The average Bonchev–Trinajstić information content (AvgIpc) is 2.49. The summed E-state index contributed by atoms with van der Waals surface area (Å²) < 4.78 is 1.12. The predicted octanol–water partition coefficient (Wildman–Crippen LogP) is 4.72. The van der Waals surface area contributed by atoms with E-state index in [0.29, 0.717) is 6.42 Å². The highest BCUT2D eigenvalue weighted by molar-refractivity contribution is 9.10. The summed E-state index contributed by atoms with van der Waals surface area (Å²) in [4.78, 5) is 11.4. The maximum absolute atomic E-state index is 11.4. The number of carbonyl (C=O) groups is 1. The minimum absolute atomic E-state index is 0.0238. The van der Waals surface area contributed by atoms with E-state index in [0.717, 1.165) is 22.4 Å². The topological polar surface area (TPSA) is 41.1 Å². The molecule has 0 aliphatic rings. The van der Waals surface area contributed by atoms with Crippen LogP contribution in [0.15, 0.2) is 46.9 Å². The van der Waals surface area contributed by atoms with Gasteiger partial charge in [-0.2, -0.15) is 0 Å². The van der Waals surface area contributed by atoms with Crippen molar-refractivity contribution in [1.29, 1.82) is 0 Å². The minimum atomic E-state index is 0.0238. The molecule has 2 aromatic carbocycles. The van der Waals surface area contributed by atoms with Crippen LogP contribution in [0.3, 0.4) is 0 Å². The molecule has 2 N–H and O–H groups in total. The summed E-state index contributed by atoms with van der Waals surface area (Å²) in [6.07, 6.45) is 0.482. The number of anilines is 2. The van der Waals surface area contributed by atoms with E-state index in [1.54, 1.807) is 0 Å². The van der Waals surface area contributed by atoms with Gasteiger partial charge in [0.15, 0.2) is 0 Å². The Bertz CT molecular complexity index is 640. The van der Waals surface area contributed by atoms with Gasteiger partial charge in [-0.05, 0) is 42.3 Å². The number of hydrogen-bond acceptors (Lipinski definition) is 2. The van der Waals surface area contributed by atoms with Crippen LogP contribution in [0.4, 0.5) is 11.4 Å². The van der Waals surface area contributed by atoms with Gasteiger partial charge in [-0.15, -0.1) is 0 Å².